The Balaban J connectivity index is 2.42. The summed E-state index contributed by atoms with van der Waals surface area (Å²) >= 11 is 0. The molecule has 0 saturated carbocycles. The normalized spacial score (nSPS) is 12.5. The average molecular weight is 330 g/mol. The van der Waals surface area contributed by atoms with Crippen molar-refractivity contribution in [3.8, 4) is 11.5 Å². The van der Waals surface area contributed by atoms with Gasteiger partial charge in [0.25, 0.3) is 11.4 Å². The highest BCUT2D eigenvalue weighted by atomic mass is 16.6. The number of nitrogens with zero attached hydrogens (tertiary/aromatic N) is 2. The number of carbonyl (C=O) groups excluding carboxylic acids is 2. The third kappa shape index (κ3) is 1.97. The lowest BCUT2D eigenvalue weighted by molar-refractivity contribution is -0.394. The maximum Gasteiger partial charge on any atom is 0.288 e. The van der Waals surface area contributed by atoms with Crippen molar-refractivity contribution in [1.29, 1.82) is 0 Å². The Hall–Kier alpha value is -3.82. The molecule has 1 aliphatic carbocycles. The number of nitro benzene ring substituents is 2. The summed E-state index contributed by atoms with van der Waals surface area (Å²) in [6.45, 7) is 0. The van der Waals surface area contributed by atoms with Gasteiger partial charge in [0, 0.05) is 23.3 Å². The number of phenolic OH excluding ortho intramolecular Hbond substituents is 2. The molecule has 0 spiro atoms. The zero-order chi connectivity index (χ0) is 17.8. The molecule has 0 saturated heterocycles. The number of ketones is 2. The van der Waals surface area contributed by atoms with Gasteiger partial charge in [0.1, 0.15) is 17.1 Å². The predicted octanol–water partition coefficient (Wildman–Crippen LogP) is 1.69. The molecule has 0 atom stereocenters. The minimum atomic E-state index is -1.01. The number of nitro groups is 2. The van der Waals surface area contributed by atoms with Crippen LogP contribution >= 0.6 is 0 Å². The molecule has 2 aromatic rings. The van der Waals surface area contributed by atoms with Crippen molar-refractivity contribution in [2.75, 3.05) is 0 Å². The van der Waals surface area contributed by atoms with Crippen LogP contribution in [0.2, 0.25) is 0 Å². The van der Waals surface area contributed by atoms with E-state index < -0.39 is 66.5 Å². The van der Waals surface area contributed by atoms with Crippen molar-refractivity contribution >= 4 is 22.9 Å². The van der Waals surface area contributed by atoms with Gasteiger partial charge in [-0.3, -0.25) is 29.8 Å². The van der Waals surface area contributed by atoms with Gasteiger partial charge in [-0.05, 0) is 6.07 Å². The van der Waals surface area contributed by atoms with Crippen molar-refractivity contribution < 1.29 is 29.6 Å². The number of phenols is 2. The highest BCUT2D eigenvalue weighted by Gasteiger charge is 2.39. The minimum Gasteiger partial charge on any atom is -0.508 e. The molecule has 0 aromatic heterocycles. The fourth-order valence-corrected chi connectivity index (χ4v) is 2.58. The van der Waals surface area contributed by atoms with E-state index in [0.717, 1.165) is 18.2 Å². The summed E-state index contributed by atoms with van der Waals surface area (Å²) in [5.74, 6) is -3.19. The van der Waals surface area contributed by atoms with Crippen LogP contribution in [0.1, 0.15) is 31.8 Å². The maximum atomic E-state index is 12.5. The number of non-ortho nitro benzene ring substituents is 1. The molecule has 0 unspecified atom stereocenters. The molecule has 0 radical (unpaired) electrons. The smallest absolute Gasteiger partial charge is 0.288 e. The van der Waals surface area contributed by atoms with Gasteiger partial charge in [-0.1, -0.05) is 0 Å². The standard InChI is InChI=1S/C14H6N2O8/c17-6-3-8-12(10(18)4-6)14(20)7-1-5(15(21)22)2-9(16(23)24)11(7)13(8)19/h1-4,17-18H. The lowest BCUT2D eigenvalue weighted by atomic mass is 9.82. The van der Waals surface area contributed by atoms with Gasteiger partial charge in [-0.25, -0.2) is 0 Å². The first-order valence-electron chi connectivity index (χ1n) is 6.34. The minimum absolute atomic E-state index is 0.415. The number of rotatable bonds is 2. The molecule has 0 amide bonds. The SMILES string of the molecule is O=C1c2cc([N+](=O)[O-])cc([N+](=O)[O-])c2C(=O)c2cc(O)cc(O)c21. The largest absolute Gasteiger partial charge is 0.508 e. The summed E-state index contributed by atoms with van der Waals surface area (Å²) in [6, 6.07) is 3.04. The van der Waals surface area contributed by atoms with E-state index in [1.165, 1.54) is 0 Å². The predicted molar refractivity (Wildman–Crippen MR) is 76.4 cm³/mol. The molecule has 2 aromatic carbocycles. The first kappa shape index (κ1) is 15.1. The Bertz CT molecular complexity index is 979. The van der Waals surface area contributed by atoms with Gasteiger partial charge < -0.3 is 10.2 Å². The fourth-order valence-electron chi connectivity index (χ4n) is 2.58. The summed E-state index contributed by atoms with van der Waals surface area (Å²) < 4.78 is 0. The Labute approximate surface area is 131 Å². The molecule has 10 heteroatoms. The fraction of sp³-hybridized carbons (Fsp3) is 0. The summed E-state index contributed by atoms with van der Waals surface area (Å²) in [5, 5.41) is 41.4. The van der Waals surface area contributed by atoms with E-state index in [1.54, 1.807) is 0 Å². The summed E-state index contributed by atoms with van der Waals surface area (Å²) in [7, 11) is 0. The molecule has 0 heterocycles. The second-order valence-corrected chi connectivity index (χ2v) is 4.95. The van der Waals surface area contributed by atoms with Crippen LogP contribution in [-0.2, 0) is 0 Å². The lowest BCUT2D eigenvalue weighted by Gasteiger charge is -2.18. The summed E-state index contributed by atoms with van der Waals surface area (Å²) in [4.78, 5) is 45.1. The van der Waals surface area contributed by atoms with Crippen LogP contribution in [0.5, 0.6) is 11.5 Å². The second-order valence-electron chi connectivity index (χ2n) is 4.95. The molecular formula is C14H6N2O8. The van der Waals surface area contributed by atoms with Crippen molar-refractivity contribution in [2.24, 2.45) is 0 Å². The first-order chi connectivity index (χ1) is 11.2. The van der Waals surface area contributed by atoms with Crippen molar-refractivity contribution in [1.82, 2.24) is 0 Å². The van der Waals surface area contributed by atoms with E-state index in [9.17, 15) is 40.0 Å². The van der Waals surface area contributed by atoms with Crippen LogP contribution in [0.15, 0.2) is 24.3 Å². The van der Waals surface area contributed by atoms with Gasteiger partial charge in [-0.2, -0.15) is 0 Å². The number of hydrogen-bond donors (Lipinski definition) is 2. The lowest BCUT2D eigenvalue weighted by Crippen LogP contribution is -2.22. The number of fused-ring (bicyclic) bond motifs is 2. The van der Waals surface area contributed by atoms with Crippen molar-refractivity contribution in [3.05, 3.63) is 66.7 Å². The third-order valence-corrected chi connectivity index (χ3v) is 3.56. The highest BCUT2D eigenvalue weighted by molar-refractivity contribution is 6.31. The number of carbonyl (C=O) groups is 2. The van der Waals surface area contributed by atoms with E-state index in [0.29, 0.717) is 6.07 Å². The topological polar surface area (TPSA) is 161 Å². The van der Waals surface area contributed by atoms with Gasteiger partial charge in [-0.15, -0.1) is 0 Å². The van der Waals surface area contributed by atoms with E-state index in [2.05, 4.69) is 0 Å². The van der Waals surface area contributed by atoms with E-state index in [4.69, 9.17) is 0 Å². The highest BCUT2D eigenvalue weighted by Crippen LogP contribution is 2.40. The molecule has 1 aliphatic rings. The van der Waals surface area contributed by atoms with Crippen LogP contribution in [0, 0.1) is 20.2 Å². The molecule has 3 rings (SSSR count). The average Bonchev–Trinajstić information content (AvgIpc) is 2.50. The molecule has 2 N–H and O–H groups in total. The van der Waals surface area contributed by atoms with Crippen LogP contribution in [0.4, 0.5) is 11.4 Å². The Kier molecular flexibility index (Phi) is 3.04. The van der Waals surface area contributed by atoms with Crippen LogP contribution in [0.3, 0.4) is 0 Å². The maximum absolute atomic E-state index is 12.5. The Morgan fingerprint density at radius 3 is 1.96 bits per heavy atom. The van der Waals surface area contributed by atoms with Crippen LogP contribution in [-0.4, -0.2) is 31.6 Å². The van der Waals surface area contributed by atoms with Crippen LogP contribution in [0.25, 0.3) is 0 Å². The van der Waals surface area contributed by atoms with Gasteiger partial charge in [0.05, 0.1) is 21.5 Å². The third-order valence-electron chi connectivity index (χ3n) is 3.56. The van der Waals surface area contributed by atoms with Crippen molar-refractivity contribution in [2.45, 2.75) is 0 Å². The molecule has 0 aliphatic heterocycles. The first-order valence-corrected chi connectivity index (χ1v) is 6.34. The molecule has 0 fully saturated rings. The zero-order valence-corrected chi connectivity index (χ0v) is 11.5. The Morgan fingerprint density at radius 2 is 1.38 bits per heavy atom. The number of aromatic hydroxyl groups is 2. The van der Waals surface area contributed by atoms with Crippen molar-refractivity contribution in [3.63, 3.8) is 0 Å². The molecular weight excluding hydrogens is 324 g/mol. The molecule has 10 nitrogen and oxygen atoms in total. The summed E-state index contributed by atoms with van der Waals surface area (Å²) in [6.07, 6.45) is 0. The van der Waals surface area contributed by atoms with Gasteiger partial charge in [0.15, 0.2) is 5.78 Å². The van der Waals surface area contributed by atoms with E-state index in [1.807, 2.05) is 0 Å². The number of hydrogen-bond acceptors (Lipinski definition) is 8. The second kappa shape index (κ2) is 4.84. The van der Waals surface area contributed by atoms with E-state index >= 15 is 0 Å². The van der Waals surface area contributed by atoms with E-state index in [-0.39, 0.29) is 0 Å². The summed E-state index contributed by atoms with van der Waals surface area (Å²) in [5.41, 5.74) is -3.68. The zero-order valence-electron chi connectivity index (χ0n) is 11.5. The van der Waals surface area contributed by atoms with Crippen LogP contribution < -0.4 is 0 Å². The van der Waals surface area contributed by atoms with Gasteiger partial charge >= 0.3 is 0 Å². The monoisotopic (exact) mass is 330 g/mol. The van der Waals surface area contributed by atoms with Gasteiger partial charge in [0.2, 0.25) is 5.78 Å². The number of benzene rings is 2. The molecule has 24 heavy (non-hydrogen) atoms. The molecule has 0 bridgehead atoms. The quantitative estimate of drug-likeness (QED) is 0.530. The Morgan fingerprint density at radius 1 is 0.792 bits per heavy atom. The molecule has 120 valence electrons.